The molecule has 1 N–H and O–H groups in total. The third-order valence-electron chi connectivity index (χ3n) is 4.21. The highest BCUT2D eigenvalue weighted by Gasteiger charge is 2.31. The Morgan fingerprint density at radius 2 is 1.79 bits per heavy atom. The molecule has 0 aliphatic rings. The number of carbonyl (C=O) groups is 2. The predicted octanol–water partition coefficient (Wildman–Crippen LogP) is 2.58. The molecule has 0 aromatic heterocycles. The standard InChI is InChI=1S/C20H24N2O6S/c1-13-9-10-18(27-3)17(11-13)22(29(5,25)26)14(2)19(23)21-16-8-6-7-15(12-16)20(24)28-4/h6-12,14H,1-5H3,(H,21,23). The van der Waals surface area contributed by atoms with Crippen molar-refractivity contribution in [1.82, 2.24) is 0 Å². The molecule has 0 aliphatic carbocycles. The Morgan fingerprint density at radius 1 is 1.10 bits per heavy atom. The minimum atomic E-state index is -3.81. The summed E-state index contributed by atoms with van der Waals surface area (Å²) in [6.45, 7) is 3.29. The highest BCUT2D eigenvalue weighted by atomic mass is 32.2. The second-order valence-corrected chi connectivity index (χ2v) is 8.33. The first-order valence-corrected chi connectivity index (χ1v) is 10.6. The van der Waals surface area contributed by atoms with Crippen LogP contribution in [-0.2, 0) is 19.6 Å². The zero-order valence-corrected chi connectivity index (χ0v) is 17.7. The monoisotopic (exact) mass is 420 g/mol. The topological polar surface area (TPSA) is 102 Å². The Morgan fingerprint density at radius 3 is 2.38 bits per heavy atom. The predicted molar refractivity (Wildman–Crippen MR) is 111 cm³/mol. The molecule has 156 valence electrons. The highest BCUT2D eigenvalue weighted by molar-refractivity contribution is 7.92. The lowest BCUT2D eigenvalue weighted by Gasteiger charge is -2.29. The average molecular weight is 420 g/mol. The van der Waals surface area contributed by atoms with Gasteiger partial charge in [0.05, 0.1) is 31.7 Å². The van der Waals surface area contributed by atoms with Gasteiger partial charge in [0.2, 0.25) is 15.9 Å². The second-order valence-electron chi connectivity index (χ2n) is 6.47. The van der Waals surface area contributed by atoms with E-state index in [2.05, 4.69) is 10.1 Å². The number of rotatable bonds is 7. The smallest absolute Gasteiger partial charge is 0.337 e. The summed E-state index contributed by atoms with van der Waals surface area (Å²) < 4.78 is 36.0. The third-order valence-corrected chi connectivity index (χ3v) is 5.44. The van der Waals surface area contributed by atoms with Gasteiger partial charge in [0, 0.05) is 5.69 Å². The molecule has 0 fully saturated rings. The van der Waals surface area contributed by atoms with Gasteiger partial charge in [0.15, 0.2) is 0 Å². The minimum absolute atomic E-state index is 0.262. The fraction of sp³-hybridized carbons (Fsp3) is 0.300. The van der Waals surface area contributed by atoms with Gasteiger partial charge in [0.1, 0.15) is 11.8 Å². The van der Waals surface area contributed by atoms with Gasteiger partial charge in [-0.25, -0.2) is 13.2 Å². The summed E-state index contributed by atoms with van der Waals surface area (Å²) in [6.07, 6.45) is 1.02. The Balaban J connectivity index is 2.38. The van der Waals surface area contributed by atoms with Crippen molar-refractivity contribution in [3.63, 3.8) is 0 Å². The van der Waals surface area contributed by atoms with Crippen LogP contribution in [0, 0.1) is 6.92 Å². The zero-order valence-electron chi connectivity index (χ0n) is 16.9. The molecule has 0 saturated carbocycles. The van der Waals surface area contributed by atoms with Gasteiger partial charge in [-0.1, -0.05) is 12.1 Å². The van der Waals surface area contributed by atoms with Crippen LogP contribution >= 0.6 is 0 Å². The van der Waals surface area contributed by atoms with Crippen LogP contribution in [-0.4, -0.2) is 46.8 Å². The number of amides is 1. The molecular weight excluding hydrogens is 396 g/mol. The number of methoxy groups -OCH3 is 2. The molecule has 0 saturated heterocycles. The average Bonchev–Trinajstić information content (AvgIpc) is 2.66. The first kappa shape index (κ1) is 22.2. The number of anilines is 2. The first-order valence-electron chi connectivity index (χ1n) is 8.71. The number of nitrogens with one attached hydrogen (secondary N) is 1. The highest BCUT2D eigenvalue weighted by Crippen LogP contribution is 2.32. The maximum absolute atomic E-state index is 12.8. The molecule has 2 rings (SSSR count). The van der Waals surface area contributed by atoms with Gasteiger partial charge in [0.25, 0.3) is 0 Å². The molecule has 29 heavy (non-hydrogen) atoms. The lowest BCUT2D eigenvalue weighted by Crippen LogP contribution is -2.45. The van der Waals surface area contributed by atoms with Gasteiger partial charge >= 0.3 is 5.97 Å². The third kappa shape index (κ3) is 5.26. The normalized spacial score (nSPS) is 12.0. The van der Waals surface area contributed by atoms with E-state index in [-0.39, 0.29) is 11.3 Å². The van der Waals surface area contributed by atoms with Gasteiger partial charge in [-0.3, -0.25) is 9.10 Å². The Labute approximate surface area is 170 Å². The Hall–Kier alpha value is -3.07. The van der Waals surface area contributed by atoms with Gasteiger partial charge in [-0.2, -0.15) is 0 Å². The molecule has 0 heterocycles. The summed E-state index contributed by atoms with van der Waals surface area (Å²) in [7, 11) is -1.12. The molecule has 0 bridgehead atoms. The summed E-state index contributed by atoms with van der Waals surface area (Å²) in [5, 5.41) is 2.64. The summed E-state index contributed by atoms with van der Waals surface area (Å²) in [4.78, 5) is 24.5. The molecule has 2 aromatic carbocycles. The van der Waals surface area contributed by atoms with E-state index < -0.39 is 27.9 Å². The summed E-state index contributed by atoms with van der Waals surface area (Å²) in [6, 6.07) is 10.2. The molecule has 2 aromatic rings. The van der Waals surface area contributed by atoms with Crippen molar-refractivity contribution in [2.24, 2.45) is 0 Å². The number of carbonyl (C=O) groups excluding carboxylic acids is 2. The van der Waals surface area contributed by atoms with Gasteiger partial charge < -0.3 is 14.8 Å². The van der Waals surface area contributed by atoms with E-state index in [1.165, 1.54) is 27.2 Å². The van der Waals surface area contributed by atoms with Gasteiger partial charge in [-0.05, 0) is 49.7 Å². The zero-order chi connectivity index (χ0) is 21.8. The van der Waals surface area contributed by atoms with Crippen LogP contribution in [0.25, 0.3) is 0 Å². The summed E-state index contributed by atoms with van der Waals surface area (Å²) >= 11 is 0. The quantitative estimate of drug-likeness (QED) is 0.691. The molecule has 0 spiro atoms. The largest absolute Gasteiger partial charge is 0.495 e. The lowest BCUT2D eigenvalue weighted by molar-refractivity contribution is -0.116. The molecule has 1 atom stereocenters. The van der Waals surface area contributed by atoms with E-state index in [0.29, 0.717) is 11.4 Å². The fourth-order valence-electron chi connectivity index (χ4n) is 2.84. The van der Waals surface area contributed by atoms with Crippen molar-refractivity contribution in [3.8, 4) is 5.75 Å². The van der Waals surface area contributed by atoms with Crippen molar-refractivity contribution in [3.05, 3.63) is 53.6 Å². The van der Waals surface area contributed by atoms with Gasteiger partial charge in [-0.15, -0.1) is 0 Å². The molecule has 0 radical (unpaired) electrons. The Kier molecular flexibility index (Phi) is 6.86. The summed E-state index contributed by atoms with van der Waals surface area (Å²) in [5.41, 5.74) is 1.68. The number of sulfonamides is 1. The Bertz CT molecular complexity index is 1020. The van der Waals surface area contributed by atoms with Crippen LogP contribution in [0.4, 0.5) is 11.4 Å². The SMILES string of the molecule is COC(=O)c1cccc(NC(=O)C(C)N(c2cc(C)ccc2OC)S(C)(=O)=O)c1. The van der Waals surface area contributed by atoms with Crippen LogP contribution in [0.5, 0.6) is 5.75 Å². The maximum Gasteiger partial charge on any atom is 0.337 e. The first-order chi connectivity index (χ1) is 13.6. The second kappa shape index (κ2) is 8.95. The minimum Gasteiger partial charge on any atom is -0.495 e. The van der Waals surface area contributed by atoms with Crippen LogP contribution < -0.4 is 14.4 Å². The number of benzene rings is 2. The van der Waals surface area contributed by atoms with Crippen molar-refractivity contribution in [2.45, 2.75) is 19.9 Å². The fourth-order valence-corrected chi connectivity index (χ4v) is 4.01. The molecule has 8 nitrogen and oxygen atoms in total. The van der Waals surface area contributed by atoms with E-state index in [1.54, 1.807) is 36.4 Å². The van der Waals surface area contributed by atoms with E-state index in [1.807, 2.05) is 6.92 Å². The number of nitrogens with zero attached hydrogens (tertiary/aromatic N) is 1. The number of esters is 1. The van der Waals surface area contributed by atoms with Crippen molar-refractivity contribution < 1.29 is 27.5 Å². The van der Waals surface area contributed by atoms with E-state index in [9.17, 15) is 18.0 Å². The number of hydrogen-bond acceptors (Lipinski definition) is 6. The van der Waals surface area contributed by atoms with E-state index in [4.69, 9.17) is 4.74 Å². The van der Waals surface area contributed by atoms with Crippen molar-refractivity contribution in [2.75, 3.05) is 30.1 Å². The number of ether oxygens (including phenoxy) is 2. The molecule has 0 aliphatic heterocycles. The van der Waals surface area contributed by atoms with Crippen molar-refractivity contribution >= 4 is 33.3 Å². The molecule has 1 amide bonds. The van der Waals surface area contributed by atoms with Crippen molar-refractivity contribution in [1.29, 1.82) is 0 Å². The molecular formula is C20H24N2O6S. The number of hydrogen-bond donors (Lipinski definition) is 1. The van der Waals surface area contributed by atoms with Crippen LogP contribution in [0.3, 0.4) is 0 Å². The van der Waals surface area contributed by atoms with Crippen LogP contribution in [0.15, 0.2) is 42.5 Å². The lowest BCUT2D eigenvalue weighted by atomic mass is 10.1. The number of aryl methyl sites for hydroxylation is 1. The van der Waals surface area contributed by atoms with E-state index in [0.717, 1.165) is 16.1 Å². The maximum atomic E-state index is 12.8. The van der Waals surface area contributed by atoms with Crippen LogP contribution in [0.2, 0.25) is 0 Å². The van der Waals surface area contributed by atoms with E-state index >= 15 is 0 Å². The summed E-state index contributed by atoms with van der Waals surface area (Å²) in [5.74, 6) is -0.786. The molecule has 1 unspecified atom stereocenters. The van der Waals surface area contributed by atoms with Crippen LogP contribution in [0.1, 0.15) is 22.8 Å². The molecule has 9 heteroatoms.